The number of carbonyl (C=O) groups is 2. The summed E-state index contributed by atoms with van der Waals surface area (Å²) in [5.74, 6) is -1.92. The van der Waals surface area contributed by atoms with E-state index in [0.29, 0.717) is 30.3 Å². The monoisotopic (exact) mass is 433 g/mol. The quantitative estimate of drug-likeness (QED) is 0.393. The Kier molecular flexibility index (Phi) is 7.95. The summed E-state index contributed by atoms with van der Waals surface area (Å²) in [4.78, 5) is 24.1. The summed E-state index contributed by atoms with van der Waals surface area (Å²) in [6.07, 6.45) is 11.1. The van der Waals surface area contributed by atoms with E-state index < -0.39 is 17.1 Å². The van der Waals surface area contributed by atoms with Crippen LogP contribution in [-0.2, 0) is 16.0 Å². The second kappa shape index (κ2) is 10.5. The molecule has 2 aliphatic rings. The Morgan fingerprint density at radius 1 is 1.03 bits per heavy atom. The molecule has 0 heterocycles. The van der Waals surface area contributed by atoms with Crippen LogP contribution in [0.2, 0.25) is 5.02 Å². The number of carbonyl (C=O) groups excluding carboxylic acids is 1. The topological polar surface area (TPSA) is 86.6 Å². The van der Waals surface area contributed by atoms with Crippen molar-refractivity contribution in [3.05, 3.63) is 46.7 Å². The Bertz CT molecular complexity index is 760. The smallest absolute Gasteiger partial charge is 0.371 e. The first kappa shape index (κ1) is 22.8. The Morgan fingerprint density at radius 3 is 2.27 bits per heavy atom. The number of aliphatic carboxylic acids is 1. The van der Waals surface area contributed by atoms with Gasteiger partial charge in [0.25, 0.3) is 0 Å². The number of aliphatic hydroxyl groups excluding tert-OH is 1. The molecule has 3 rings (SSSR count). The lowest BCUT2D eigenvalue weighted by atomic mass is 9.66. The molecule has 2 fully saturated rings. The van der Waals surface area contributed by atoms with Gasteiger partial charge >= 0.3 is 5.97 Å². The minimum atomic E-state index is -1.48. The molecule has 2 saturated carbocycles. The van der Waals surface area contributed by atoms with Gasteiger partial charge in [0.2, 0.25) is 5.76 Å². The predicted octanol–water partition coefficient (Wildman–Crippen LogP) is 5.08. The first-order chi connectivity index (χ1) is 14.4. The lowest BCUT2D eigenvalue weighted by molar-refractivity contribution is -0.136. The van der Waals surface area contributed by atoms with E-state index in [4.69, 9.17) is 16.7 Å². The van der Waals surface area contributed by atoms with Gasteiger partial charge in [-0.1, -0.05) is 43.0 Å². The molecule has 0 aliphatic heterocycles. The van der Waals surface area contributed by atoms with E-state index >= 15 is 0 Å². The van der Waals surface area contributed by atoms with Crippen LogP contribution in [0.5, 0.6) is 0 Å². The maximum absolute atomic E-state index is 13.1. The van der Waals surface area contributed by atoms with Crippen molar-refractivity contribution in [3.8, 4) is 0 Å². The molecule has 0 atom stereocenters. The van der Waals surface area contributed by atoms with Gasteiger partial charge in [0.05, 0.1) is 0 Å². The van der Waals surface area contributed by atoms with E-state index in [0.717, 1.165) is 36.9 Å². The van der Waals surface area contributed by atoms with E-state index in [-0.39, 0.29) is 5.78 Å². The molecule has 1 aromatic rings. The summed E-state index contributed by atoms with van der Waals surface area (Å²) in [6.45, 7) is 1.04. The zero-order chi connectivity index (χ0) is 21.6. The number of halogens is 1. The fraction of sp³-hybridized carbons (Fsp3) is 0.583. The van der Waals surface area contributed by atoms with Crippen LogP contribution >= 0.6 is 11.6 Å². The number of ketones is 1. The van der Waals surface area contributed by atoms with Crippen LogP contribution in [0.25, 0.3) is 0 Å². The molecule has 30 heavy (non-hydrogen) atoms. The first-order valence-corrected chi connectivity index (χ1v) is 11.4. The van der Waals surface area contributed by atoms with E-state index in [1.807, 2.05) is 12.1 Å². The summed E-state index contributed by atoms with van der Waals surface area (Å²) in [5, 5.41) is 23.0. The molecule has 3 N–H and O–H groups in total. The minimum absolute atomic E-state index is 0.303. The molecule has 0 aromatic heterocycles. The van der Waals surface area contributed by atoms with E-state index in [1.165, 1.54) is 32.1 Å². The van der Waals surface area contributed by atoms with Gasteiger partial charge in [-0.05, 0) is 75.1 Å². The maximum atomic E-state index is 13.1. The summed E-state index contributed by atoms with van der Waals surface area (Å²) in [5.41, 5.74) is 0.296. The number of hydrogen-bond donors (Lipinski definition) is 3. The summed E-state index contributed by atoms with van der Waals surface area (Å²) >= 11 is 5.99. The van der Waals surface area contributed by atoms with E-state index in [2.05, 4.69) is 5.32 Å². The average Bonchev–Trinajstić information content (AvgIpc) is 2.75. The molecule has 0 spiro atoms. The molecule has 6 heteroatoms. The number of benzene rings is 1. The summed E-state index contributed by atoms with van der Waals surface area (Å²) < 4.78 is 0. The third kappa shape index (κ3) is 6.08. The minimum Gasteiger partial charge on any atom is -0.502 e. The van der Waals surface area contributed by atoms with Crippen molar-refractivity contribution in [2.75, 3.05) is 6.54 Å². The van der Waals surface area contributed by atoms with Gasteiger partial charge in [-0.25, -0.2) is 4.79 Å². The number of nitrogens with one attached hydrogen (secondary N) is 1. The lowest BCUT2D eigenvalue weighted by Crippen LogP contribution is -2.43. The van der Waals surface area contributed by atoms with E-state index in [9.17, 15) is 14.7 Å². The molecule has 5 nitrogen and oxygen atoms in total. The number of allylic oxidation sites excluding steroid dienone is 1. The highest BCUT2D eigenvalue weighted by atomic mass is 35.5. The van der Waals surface area contributed by atoms with Crippen LogP contribution in [-0.4, -0.2) is 34.6 Å². The van der Waals surface area contributed by atoms with Crippen molar-refractivity contribution in [2.45, 2.75) is 70.3 Å². The summed E-state index contributed by atoms with van der Waals surface area (Å²) in [6, 6.07) is 7.81. The molecule has 0 unspecified atom stereocenters. The van der Waals surface area contributed by atoms with Gasteiger partial charge in [0.15, 0.2) is 5.78 Å². The molecular weight excluding hydrogens is 402 g/mol. The van der Waals surface area contributed by atoms with Crippen LogP contribution in [0.15, 0.2) is 36.1 Å². The van der Waals surface area contributed by atoms with Gasteiger partial charge in [-0.15, -0.1) is 0 Å². The Hall–Kier alpha value is -1.85. The molecule has 0 radical (unpaired) electrons. The van der Waals surface area contributed by atoms with E-state index in [1.54, 1.807) is 12.1 Å². The Labute approximate surface area is 183 Å². The third-order valence-electron chi connectivity index (χ3n) is 6.83. The number of aliphatic hydroxyl groups is 1. The van der Waals surface area contributed by atoms with Gasteiger partial charge in [0.1, 0.15) is 0 Å². The molecular formula is C24H32ClNO4. The van der Waals surface area contributed by atoms with Crippen LogP contribution in [0.1, 0.15) is 63.4 Å². The zero-order valence-electron chi connectivity index (χ0n) is 17.4. The molecule has 1 aromatic carbocycles. The van der Waals surface area contributed by atoms with Crippen LogP contribution < -0.4 is 5.32 Å². The fourth-order valence-corrected chi connectivity index (χ4v) is 5.07. The highest BCUT2D eigenvalue weighted by molar-refractivity contribution is 6.30. The predicted molar refractivity (Wildman–Crippen MR) is 118 cm³/mol. The molecule has 0 bridgehead atoms. The largest absolute Gasteiger partial charge is 0.502 e. The zero-order valence-corrected chi connectivity index (χ0v) is 18.2. The van der Waals surface area contributed by atoms with Crippen molar-refractivity contribution >= 4 is 23.4 Å². The Morgan fingerprint density at radius 2 is 1.67 bits per heavy atom. The molecule has 164 valence electrons. The molecule has 0 amide bonds. The van der Waals surface area contributed by atoms with Crippen molar-refractivity contribution < 1.29 is 19.8 Å². The standard InChI is InChI=1S/C24H32ClNO4/c25-19-8-6-17(7-9-19)15-24(22(28)14-21(27)23(29)30)12-10-20(11-13-24)26-16-18-4-2-1-3-5-18/h6-9,14,18,20,26-27H,1-5,10-13,15-16H2,(H,29,30)/b21-14-. The van der Waals surface area contributed by atoms with Crippen LogP contribution in [0, 0.1) is 11.3 Å². The Balaban J connectivity index is 1.67. The number of hydrogen-bond acceptors (Lipinski definition) is 4. The van der Waals surface area contributed by atoms with Crippen molar-refractivity contribution in [3.63, 3.8) is 0 Å². The highest BCUT2D eigenvalue weighted by Crippen LogP contribution is 2.41. The second-order valence-corrected chi connectivity index (χ2v) is 9.41. The lowest BCUT2D eigenvalue weighted by Gasteiger charge is -2.39. The normalized spacial score (nSPS) is 25.8. The van der Waals surface area contributed by atoms with Crippen molar-refractivity contribution in [1.29, 1.82) is 0 Å². The maximum Gasteiger partial charge on any atom is 0.371 e. The molecule has 0 saturated heterocycles. The van der Waals surface area contributed by atoms with Crippen molar-refractivity contribution in [2.24, 2.45) is 11.3 Å². The fourth-order valence-electron chi connectivity index (χ4n) is 4.94. The molecule has 2 aliphatic carbocycles. The van der Waals surface area contributed by atoms with Gasteiger partial charge in [0, 0.05) is 22.6 Å². The highest BCUT2D eigenvalue weighted by Gasteiger charge is 2.41. The van der Waals surface area contributed by atoms with Crippen molar-refractivity contribution in [1.82, 2.24) is 5.32 Å². The van der Waals surface area contributed by atoms with Gasteiger partial charge in [-0.2, -0.15) is 0 Å². The second-order valence-electron chi connectivity index (χ2n) is 8.97. The van der Waals surface area contributed by atoms with Crippen LogP contribution in [0.4, 0.5) is 0 Å². The summed E-state index contributed by atoms with van der Waals surface area (Å²) in [7, 11) is 0. The number of carboxylic acids is 1. The van der Waals surface area contributed by atoms with Gasteiger partial charge in [-0.3, -0.25) is 4.79 Å². The number of carboxylic acid groups (broad SMARTS) is 1. The average molecular weight is 434 g/mol. The third-order valence-corrected chi connectivity index (χ3v) is 7.08. The first-order valence-electron chi connectivity index (χ1n) is 11.0. The SMILES string of the molecule is O=C(O)/C(O)=C/C(=O)C1(Cc2ccc(Cl)cc2)CCC(NCC2CCCCC2)CC1. The van der Waals surface area contributed by atoms with Gasteiger partial charge < -0.3 is 15.5 Å². The number of rotatable bonds is 8. The van der Waals surface area contributed by atoms with Crippen LogP contribution in [0.3, 0.4) is 0 Å².